The maximum Gasteiger partial charge on any atom is 0.335 e. The molecule has 1 heterocycles. The van der Waals surface area contributed by atoms with Gasteiger partial charge in [0.15, 0.2) is 5.54 Å². The van der Waals surface area contributed by atoms with Gasteiger partial charge in [-0.05, 0) is 6.42 Å². The first-order valence-corrected chi connectivity index (χ1v) is 5.91. The Morgan fingerprint density at radius 2 is 2.26 bits per heavy atom. The third-order valence-electron chi connectivity index (χ3n) is 3.25. The number of carbonyl (C=O) groups excluding carboxylic acids is 3. The number of guanidine groups is 1. The van der Waals surface area contributed by atoms with Gasteiger partial charge >= 0.3 is 5.97 Å². The summed E-state index contributed by atoms with van der Waals surface area (Å²) in [6.07, 6.45) is 4.32. The van der Waals surface area contributed by atoms with Gasteiger partial charge in [-0.25, -0.2) is 9.79 Å². The van der Waals surface area contributed by atoms with E-state index < -0.39 is 17.4 Å². The van der Waals surface area contributed by atoms with Gasteiger partial charge in [0.1, 0.15) is 0 Å². The molecule has 2 aliphatic rings. The van der Waals surface area contributed by atoms with Gasteiger partial charge in [0.2, 0.25) is 17.8 Å². The van der Waals surface area contributed by atoms with E-state index >= 15 is 0 Å². The van der Waals surface area contributed by atoms with Crippen LogP contribution in [0.3, 0.4) is 0 Å². The average Bonchev–Trinajstić information content (AvgIpc) is 2.36. The van der Waals surface area contributed by atoms with Gasteiger partial charge in [0.05, 0.1) is 13.0 Å². The molecule has 2 N–H and O–H groups in total. The Hall–Kier alpha value is -2.18. The van der Waals surface area contributed by atoms with E-state index in [1.54, 1.807) is 6.08 Å². The molecule has 1 aliphatic carbocycles. The van der Waals surface area contributed by atoms with E-state index in [1.807, 2.05) is 6.08 Å². The van der Waals surface area contributed by atoms with Crippen LogP contribution in [-0.4, -0.2) is 36.4 Å². The summed E-state index contributed by atoms with van der Waals surface area (Å²) in [6.45, 7) is 1.30. The van der Waals surface area contributed by atoms with E-state index in [2.05, 4.69) is 15.6 Å². The fourth-order valence-electron chi connectivity index (χ4n) is 2.39. The third-order valence-corrected chi connectivity index (χ3v) is 3.25. The lowest BCUT2D eigenvalue weighted by molar-refractivity contribution is -0.153. The van der Waals surface area contributed by atoms with Crippen LogP contribution >= 0.6 is 0 Å². The Bertz CT molecular complexity index is 497. The van der Waals surface area contributed by atoms with Crippen LogP contribution in [0.2, 0.25) is 0 Å². The second-order valence-electron chi connectivity index (χ2n) is 4.51. The fraction of sp³-hybridized carbons (Fsp3) is 0.500. The van der Waals surface area contributed by atoms with E-state index in [0.29, 0.717) is 6.42 Å². The minimum atomic E-state index is -1.27. The molecule has 0 saturated carbocycles. The summed E-state index contributed by atoms with van der Waals surface area (Å²) >= 11 is 0. The number of amides is 2. The monoisotopic (exact) mass is 265 g/mol. The molecule has 0 radical (unpaired) electrons. The number of fused-ring (bicyclic) bond motifs is 1. The number of nitrogens with zero attached hydrogens (tertiary/aromatic N) is 1. The zero-order valence-corrected chi connectivity index (χ0v) is 10.7. The minimum Gasteiger partial charge on any atom is -0.467 e. The average molecular weight is 265 g/mol. The van der Waals surface area contributed by atoms with Crippen molar-refractivity contribution >= 4 is 23.7 Å². The van der Waals surface area contributed by atoms with Crippen molar-refractivity contribution in [3.63, 3.8) is 0 Å². The van der Waals surface area contributed by atoms with Crippen molar-refractivity contribution in [2.24, 2.45) is 10.9 Å². The molecular formula is C12H15N3O4. The molecule has 102 valence electrons. The fourth-order valence-corrected chi connectivity index (χ4v) is 2.39. The molecule has 0 spiro atoms. The lowest BCUT2D eigenvalue weighted by atomic mass is 9.74. The van der Waals surface area contributed by atoms with Crippen molar-refractivity contribution in [1.82, 2.24) is 10.6 Å². The van der Waals surface area contributed by atoms with Crippen LogP contribution in [0.1, 0.15) is 19.8 Å². The highest BCUT2D eigenvalue weighted by Crippen LogP contribution is 2.36. The molecule has 7 nitrogen and oxygen atoms in total. The van der Waals surface area contributed by atoms with Gasteiger partial charge in [0.25, 0.3) is 0 Å². The van der Waals surface area contributed by atoms with Gasteiger partial charge in [-0.1, -0.05) is 12.2 Å². The molecule has 19 heavy (non-hydrogen) atoms. The Balaban J connectivity index is 2.45. The maximum atomic E-state index is 12.1. The van der Waals surface area contributed by atoms with Crippen LogP contribution in [0.4, 0.5) is 0 Å². The number of rotatable bonds is 1. The molecule has 2 rings (SSSR count). The standard InChI is InChI=1S/C12H15N3O4/c1-7(16)13-11-14-9(17)8-5-3-4-6-12(8,15-11)10(18)19-2/h3-4,8H,5-6H2,1-2H3,(H2,13,14,15,16,17)/t8-,12-/m1/s1. The van der Waals surface area contributed by atoms with Crippen molar-refractivity contribution in [1.29, 1.82) is 0 Å². The highest BCUT2D eigenvalue weighted by atomic mass is 16.5. The molecule has 7 heteroatoms. The molecule has 0 bridgehead atoms. The Kier molecular flexibility index (Phi) is 3.37. The maximum absolute atomic E-state index is 12.1. The van der Waals surface area contributed by atoms with Gasteiger partial charge in [0, 0.05) is 13.3 Å². The van der Waals surface area contributed by atoms with Gasteiger partial charge < -0.3 is 4.74 Å². The SMILES string of the molecule is COC(=O)[C@@]12CC=CC[C@@H]1C(=O)NC(NC(C)=O)=N2. The summed E-state index contributed by atoms with van der Waals surface area (Å²) in [6, 6.07) is 0. The number of aliphatic imine (C=N–C) groups is 1. The van der Waals surface area contributed by atoms with E-state index in [9.17, 15) is 14.4 Å². The normalized spacial score (nSPS) is 28.8. The van der Waals surface area contributed by atoms with Crippen molar-refractivity contribution in [3.8, 4) is 0 Å². The summed E-state index contributed by atoms with van der Waals surface area (Å²) in [5.74, 6) is -1.89. The summed E-state index contributed by atoms with van der Waals surface area (Å²) in [4.78, 5) is 39.4. The molecule has 0 aromatic heterocycles. The predicted octanol–water partition coefficient (Wildman–Crippen LogP) is -0.514. The zero-order chi connectivity index (χ0) is 14.0. The first-order chi connectivity index (χ1) is 8.99. The summed E-state index contributed by atoms with van der Waals surface area (Å²) in [7, 11) is 1.26. The van der Waals surface area contributed by atoms with Crippen LogP contribution in [0.25, 0.3) is 0 Å². The van der Waals surface area contributed by atoms with E-state index in [0.717, 1.165) is 0 Å². The molecule has 1 aliphatic heterocycles. The lowest BCUT2D eigenvalue weighted by Crippen LogP contribution is -2.61. The third kappa shape index (κ3) is 2.23. The molecule has 0 unspecified atom stereocenters. The van der Waals surface area contributed by atoms with Crippen LogP contribution in [-0.2, 0) is 19.1 Å². The number of methoxy groups -OCH3 is 1. The summed E-state index contributed by atoms with van der Waals surface area (Å²) in [5, 5.41) is 4.88. The first-order valence-electron chi connectivity index (χ1n) is 5.91. The lowest BCUT2D eigenvalue weighted by Gasteiger charge is -2.38. The van der Waals surface area contributed by atoms with E-state index in [1.165, 1.54) is 14.0 Å². The second-order valence-corrected chi connectivity index (χ2v) is 4.51. The Morgan fingerprint density at radius 1 is 1.53 bits per heavy atom. The van der Waals surface area contributed by atoms with Crippen LogP contribution < -0.4 is 10.6 Å². The molecule has 0 aromatic rings. The first kappa shape index (κ1) is 13.3. The van der Waals surface area contributed by atoms with Crippen LogP contribution in [0, 0.1) is 5.92 Å². The van der Waals surface area contributed by atoms with Gasteiger partial charge in [-0.3, -0.25) is 20.2 Å². The zero-order valence-electron chi connectivity index (χ0n) is 10.7. The predicted molar refractivity (Wildman–Crippen MR) is 66.0 cm³/mol. The number of nitrogens with one attached hydrogen (secondary N) is 2. The van der Waals surface area contributed by atoms with Gasteiger partial charge in [-0.15, -0.1) is 0 Å². The van der Waals surface area contributed by atoms with Crippen molar-refractivity contribution < 1.29 is 19.1 Å². The van der Waals surface area contributed by atoms with Crippen molar-refractivity contribution in [2.45, 2.75) is 25.3 Å². The minimum absolute atomic E-state index is 0.00514. The Labute approximate surface area is 110 Å². The number of allylic oxidation sites excluding steroid dienone is 1. The van der Waals surface area contributed by atoms with Gasteiger partial charge in [-0.2, -0.15) is 0 Å². The number of hydrogen-bond donors (Lipinski definition) is 2. The quantitative estimate of drug-likeness (QED) is 0.493. The second kappa shape index (κ2) is 4.83. The highest BCUT2D eigenvalue weighted by Gasteiger charge is 2.53. The summed E-state index contributed by atoms with van der Waals surface area (Å²) in [5.41, 5.74) is -1.27. The molecule has 0 saturated heterocycles. The van der Waals surface area contributed by atoms with E-state index in [4.69, 9.17) is 4.74 Å². The van der Waals surface area contributed by atoms with Crippen LogP contribution in [0.5, 0.6) is 0 Å². The van der Waals surface area contributed by atoms with Crippen LogP contribution in [0.15, 0.2) is 17.1 Å². The number of ether oxygens (including phenoxy) is 1. The molecular weight excluding hydrogens is 250 g/mol. The topological polar surface area (TPSA) is 96.9 Å². The molecule has 2 atom stereocenters. The number of esters is 1. The van der Waals surface area contributed by atoms with E-state index in [-0.39, 0.29) is 24.2 Å². The van der Waals surface area contributed by atoms with Crippen molar-refractivity contribution in [3.05, 3.63) is 12.2 Å². The largest absolute Gasteiger partial charge is 0.467 e. The summed E-state index contributed by atoms with van der Waals surface area (Å²) < 4.78 is 4.78. The van der Waals surface area contributed by atoms with Crippen molar-refractivity contribution in [2.75, 3.05) is 7.11 Å². The smallest absolute Gasteiger partial charge is 0.335 e. The molecule has 2 amide bonds. The molecule has 0 aromatic carbocycles. The Morgan fingerprint density at radius 3 is 2.89 bits per heavy atom. The molecule has 0 fully saturated rings. The number of carbonyl (C=O) groups is 3. The number of hydrogen-bond acceptors (Lipinski definition) is 5. The highest BCUT2D eigenvalue weighted by molar-refractivity contribution is 6.09.